The lowest BCUT2D eigenvalue weighted by Gasteiger charge is -2.11. The molecule has 1 aromatic carbocycles. The Labute approximate surface area is 172 Å². The molecule has 1 heterocycles. The van der Waals surface area contributed by atoms with Crippen LogP contribution in [-0.4, -0.2) is 32.2 Å². The molecule has 0 aliphatic rings. The topological polar surface area (TPSA) is 58.8 Å². The quantitative estimate of drug-likeness (QED) is 0.257. The summed E-state index contributed by atoms with van der Waals surface area (Å²) >= 11 is 0. The summed E-state index contributed by atoms with van der Waals surface area (Å²) in [6.45, 7) is 4.66. The van der Waals surface area contributed by atoms with E-state index in [2.05, 4.69) is 40.6 Å². The lowest BCUT2D eigenvalue weighted by Crippen LogP contribution is -2.38. The molecule has 2 N–H and O–H groups in total. The molecule has 1 aromatic heterocycles. The van der Waals surface area contributed by atoms with Crippen molar-refractivity contribution in [2.75, 3.05) is 26.2 Å². The number of hydrogen-bond donors (Lipinski definition) is 2. The van der Waals surface area contributed by atoms with Crippen molar-refractivity contribution in [2.24, 2.45) is 4.99 Å². The lowest BCUT2D eigenvalue weighted by molar-refractivity contribution is 0.370. The number of terminal acetylenes is 1. The number of guanidine groups is 1. The zero-order valence-corrected chi connectivity index (χ0v) is 17.4. The number of halogens is 1. The SMILES string of the molecule is C#CCOc1ccc(CCNC(=NCCc2ccco2)NCC)cc1.I. The fourth-order valence-electron chi connectivity index (χ4n) is 2.28. The van der Waals surface area contributed by atoms with Crippen LogP contribution in [0.25, 0.3) is 0 Å². The molecule has 2 aromatic rings. The second-order valence-electron chi connectivity index (χ2n) is 5.40. The van der Waals surface area contributed by atoms with Gasteiger partial charge in [0.1, 0.15) is 18.1 Å². The molecule has 0 amide bonds. The van der Waals surface area contributed by atoms with Crippen molar-refractivity contribution in [1.29, 1.82) is 0 Å². The van der Waals surface area contributed by atoms with Crippen molar-refractivity contribution in [3.8, 4) is 18.1 Å². The number of furan rings is 1. The van der Waals surface area contributed by atoms with Gasteiger partial charge in [0.15, 0.2) is 5.96 Å². The fraction of sp³-hybridized carbons (Fsp3) is 0.350. The molecule has 0 aliphatic carbocycles. The van der Waals surface area contributed by atoms with Crippen molar-refractivity contribution in [2.45, 2.75) is 19.8 Å². The standard InChI is InChI=1S/C20H25N3O2.HI/c1-3-15-24-19-9-7-17(8-10-19)11-13-22-20(21-4-2)23-14-12-18-6-5-16-25-18;/h1,5-10,16H,4,11-15H2,2H3,(H2,21,22,23);1H. The van der Waals surface area contributed by atoms with Gasteiger partial charge in [0.2, 0.25) is 0 Å². The second-order valence-corrected chi connectivity index (χ2v) is 5.40. The molecule has 140 valence electrons. The molecule has 0 aliphatic heterocycles. The van der Waals surface area contributed by atoms with E-state index in [1.54, 1.807) is 6.26 Å². The summed E-state index contributed by atoms with van der Waals surface area (Å²) in [5, 5.41) is 6.60. The molecular weight excluding hydrogens is 441 g/mol. The maximum absolute atomic E-state index is 5.37. The third kappa shape index (κ3) is 8.30. The lowest BCUT2D eigenvalue weighted by atomic mass is 10.1. The molecular formula is C20H26IN3O2. The largest absolute Gasteiger partial charge is 0.481 e. The Bertz CT molecular complexity index is 676. The van der Waals surface area contributed by atoms with E-state index < -0.39 is 0 Å². The molecule has 0 bridgehead atoms. The Morgan fingerprint density at radius 2 is 2.00 bits per heavy atom. The number of ether oxygens (including phenoxy) is 1. The van der Waals surface area contributed by atoms with Gasteiger partial charge in [0.05, 0.1) is 6.26 Å². The van der Waals surface area contributed by atoms with Gasteiger partial charge in [-0.1, -0.05) is 18.1 Å². The van der Waals surface area contributed by atoms with E-state index in [4.69, 9.17) is 15.6 Å². The monoisotopic (exact) mass is 467 g/mol. The summed E-state index contributed by atoms with van der Waals surface area (Å²) < 4.78 is 10.7. The Kier molecular flexibility index (Phi) is 11.0. The predicted octanol–water partition coefficient (Wildman–Crippen LogP) is 3.25. The first-order chi connectivity index (χ1) is 12.3. The molecule has 0 spiro atoms. The van der Waals surface area contributed by atoms with E-state index >= 15 is 0 Å². The van der Waals surface area contributed by atoms with Crippen molar-refractivity contribution >= 4 is 29.9 Å². The molecule has 0 fully saturated rings. The van der Waals surface area contributed by atoms with Crippen LogP contribution in [0.15, 0.2) is 52.1 Å². The highest BCUT2D eigenvalue weighted by Gasteiger charge is 2.00. The zero-order valence-electron chi connectivity index (χ0n) is 15.0. The Hall–Kier alpha value is -2.14. The van der Waals surface area contributed by atoms with E-state index in [9.17, 15) is 0 Å². The number of hydrogen-bond acceptors (Lipinski definition) is 3. The maximum Gasteiger partial charge on any atom is 0.191 e. The smallest absolute Gasteiger partial charge is 0.191 e. The first kappa shape index (κ1) is 21.9. The van der Waals surface area contributed by atoms with Crippen molar-refractivity contribution in [3.63, 3.8) is 0 Å². The summed E-state index contributed by atoms with van der Waals surface area (Å²) in [5.41, 5.74) is 1.23. The number of nitrogens with zero attached hydrogens (tertiary/aromatic N) is 1. The van der Waals surface area contributed by atoms with Gasteiger partial charge in [-0.15, -0.1) is 30.4 Å². The average molecular weight is 467 g/mol. The van der Waals surface area contributed by atoms with Crippen LogP contribution in [0, 0.1) is 12.3 Å². The van der Waals surface area contributed by atoms with Crippen molar-refractivity contribution in [3.05, 3.63) is 54.0 Å². The van der Waals surface area contributed by atoms with E-state index in [1.165, 1.54) is 5.56 Å². The molecule has 2 rings (SSSR count). The first-order valence-electron chi connectivity index (χ1n) is 8.51. The van der Waals surface area contributed by atoms with Gasteiger partial charge in [-0.3, -0.25) is 4.99 Å². The van der Waals surface area contributed by atoms with Crippen LogP contribution in [0.2, 0.25) is 0 Å². The summed E-state index contributed by atoms with van der Waals surface area (Å²) in [6, 6.07) is 11.8. The summed E-state index contributed by atoms with van der Waals surface area (Å²) in [5.74, 6) is 5.02. The Morgan fingerprint density at radius 3 is 2.65 bits per heavy atom. The maximum atomic E-state index is 5.37. The number of aliphatic imine (C=N–C) groups is 1. The number of benzene rings is 1. The minimum Gasteiger partial charge on any atom is -0.481 e. The molecule has 26 heavy (non-hydrogen) atoms. The van der Waals surface area contributed by atoms with Crippen LogP contribution >= 0.6 is 24.0 Å². The summed E-state index contributed by atoms with van der Waals surface area (Å²) in [6.07, 6.45) is 8.56. The van der Waals surface area contributed by atoms with Crippen LogP contribution in [0.4, 0.5) is 0 Å². The molecule has 0 radical (unpaired) electrons. The molecule has 5 nitrogen and oxygen atoms in total. The van der Waals surface area contributed by atoms with Gasteiger partial charge in [0, 0.05) is 26.1 Å². The summed E-state index contributed by atoms with van der Waals surface area (Å²) in [7, 11) is 0. The minimum absolute atomic E-state index is 0. The van der Waals surface area contributed by atoms with Gasteiger partial charge < -0.3 is 19.8 Å². The van der Waals surface area contributed by atoms with Gasteiger partial charge in [-0.2, -0.15) is 0 Å². The van der Waals surface area contributed by atoms with Gasteiger partial charge in [-0.25, -0.2) is 0 Å². The normalized spacial score (nSPS) is 10.5. The van der Waals surface area contributed by atoms with Gasteiger partial charge in [-0.05, 0) is 43.2 Å². The van der Waals surface area contributed by atoms with E-state index in [0.717, 1.165) is 43.4 Å². The van der Waals surface area contributed by atoms with Crippen molar-refractivity contribution in [1.82, 2.24) is 10.6 Å². The van der Waals surface area contributed by atoms with Crippen LogP contribution in [0.3, 0.4) is 0 Å². The Balaban J connectivity index is 0.00000338. The highest BCUT2D eigenvalue weighted by molar-refractivity contribution is 14.0. The molecule has 0 saturated carbocycles. The first-order valence-corrected chi connectivity index (χ1v) is 8.51. The van der Waals surface area contributed by atoms with E-state index in [-0.39, 0.29) is 24.0 Å². The molecule has 0 unspecified atom stereocenters. The van der Waals surface area contributed by atoms with Crippen molar-refractivity contribution < 1.29 is 9.15 Å². The third-order valence-electron chi connectivity index (χ3n) is 3.50. The molecule has 6 heteroatoms. The third-order valence-corrected chi connectivity index (χ3v) is 3.50. The number of nitrogens with one attached hydrogen (secondary N) is 2. The Morgan fingerprint density at radius 1 is 1.19 bits per heavy atom. The second kappa shape index (κ2) is 13.1. The molecule has 0 saturated heterocycles. The highest BCUT2D eigenvalue weighted by atomic mass is 127. The van der Waals surface area contributed by atoms with Crippen LogP contribution in [0.1, 0.15) is 18.2 Å². The average Bonchev–Trinajstić information content (AvgIpc) is 3.14. The number of rotatable bonds is 9. The predicted molar refractivity (Wildman–Crippen MR) is 116 cm³/mol. The van der Waals surface area contributed by atoms with E-state index in [1.807, 2.05) is 24.3 Å². The van der Waals surface area contributed by atoms with E-state index in [0.29, 0.717) is 13.2 Å². The van der Waals surface area contributed by atoms with Gasteiger partial charge >= 0.3 is 0 Å². The highest BCUT2D eigenvalue weighted by Crippen LogP contribution is 2.12. The minimum atomic E-state index is 0. The van der Waals surface area contributed by atoms with Crippen LogP contribution < -0.4 is 15.4 Å². The van der Waals surface area contributed by atoms with Crippen LogP contribution in [0.5, 0.6) is 5.75 Å². The van der Waals surface area contributed by atoms with Gasteiger partial charge in [0.25, 0.3) is 0 Å². The summed E-state index contributed by atoms with van der Waals surface area (Å²) in [4.78, 5) is 4.56. The zero-order chi connectivity index (χ0) is 17.7. The van der Waals surface area contributed by atoms with Crippen LogP contribution in [-0.2, 0) is 12.8 Å². The fourth-order valence-corrected chi connectivity index (χ4v) is 2.28. The molecule has 0 atom stereocenters.